The normalized spacial score (nSPS) is 26.6. The van der Waals surface area contributed by atoms with Crippen LogP contribution in [0, 0.1) is 18.3 Å². The lowest BCUT2D eigenvalue weighted by molar-refractivity contribution is -0.157. The molecular weight excluding hydrogens is 717 g/mol. The number of aryl methyl sites for hydroxylation is 1. The first-order chi connectivity index (χ1) is 26.1. The van der Waals surface area contributed by atoms with Crippen molar-refractivity contribution in [2.45, 2.75) is 213 Å². The zero-order valence-electron chi connectivity index (χ0n) is 34.8. The van der Waals surface area contributed by atoms with E-state index in [9.17, 15) is 24.3 Å². The number of amides is 1. The van der Waals surface area contributed by atoms with Crippen molar-refractivity contribution in [3.63, 3.8) is 0 Å². The first-order valence-corrected chi connectivity index (χ1v) is 22.2. The molecule has 1 unspecified atom stereocenters. The second kappa shape index (κ2) is 23.6. The van der Waals surface area contributed by atoms with Gasteiger partial charge in [0, 0.05) is 24.6 Å². The SMILES string of the molecule is C/C(=C\c1csc(C)n1)[C@@H]1C[C@@H]2O[C@]2(C)CCCCC(OC(=O)CCCCCCCCCCCCCCCCC(=O)O)[C@@H](C)C(=O)C(C)(C)[C@@H](O)CC(=O)N1. The zero-order chi connectivity index (χ0) is 40.4. The summed E-state index contributed by atoms with van der Waals surface area (Å²) in [7, 11) is 0. The van der Waals surface area contributed by atoms with Crippen LogP contribution in [-0.4, -0.2) is 68.8 Å². The lowest BCUT2D eigenvalue weighted by Gasteiger charge is -2.34. The van der Waals surface area contributed by atoms with Gasteiger partial charge in [-0.2, -0.15) is 0 Å². The number of hydrogen-bond acceptors (Lipinski definition) is 9. The van der Waals surface area contributed by atoms with Crippen LogP contribution in [0.1, 0.15) is 187 Å². The average molecular weight is 789 g/mol. The Kier molecular flexibility index (Phi) is 20.0. The van der Waals surface area contributed by atoms with Crippen molar-refractivity contribution in [2.24, 2.45) is 11.3 Å². The Morgan fingerprint density at radius 2 is 1.51 bits per heavy atom. The summed E-state index contributed by atoms with van der Waals surface area (Å²) in [4.78, 5) is 55.5. The highest BCUT2D eigenvalue weighted by Gasteiger charge is 2.52. The lowest BCUT2D eigenvalue weighted by Crippen LogP contribution is -2.47. The van der Waals surface area contributed by atoms with Gasteiger partial charge in [0.2, 0.25) is 5.91 Å². The van der Waals surface area contributed by atoms with Crippen LogP contribution in [0.25, 0.3) is 6.08 Å². The summed E-state index contributed by atoms with van der Waals surface area (Å²) in [5.74, 6) is -2.16. The van der Waals surface area contributed by atoms with Gasteiger partial charge in [-0.25, -0.2) is 4.98 Å². The summed E-state index contributed by atoms with van der Waals surface area (Å²) < 4.78 is 12.2. The van der Waals surface area contributed by atoms with Crippen LogP contribution in [0.15, 0.2) is 11.0 Å². The van der Waals surface area contributed by atoms with Gasteiger partial charge in [-0.05, 0) is 64.5 Å². The number of epoxide rings is 1. The molecule has 55 heavy (non-hydrogen) atoms. The molecule has 2 aliphatic heterocycles. The zero-order valence-corrected chi connectivity index (χ0v) is 35.6. The minimum absolute atomic E-state index is 0.0214. The molecule has 10 nitrogen and oxygen atoms in total. The lowest BCUT2D eigenvalue weighted by atomic mass is 9.74. The molecular formula is C44H72N2O8S. The second-order valence-corrected chi connectivity index (χ2v) is 18.2. The van der Waals surface area contributed by atoms with Crippen molar-refractivity contribution in [3.8, 4) is 0 Å². The maximum absolute atomic E-state index is 13.9. The molecule has 2 fully saturated rings. The van der Waals surface area contributed by atoms with E-state index in [1.54, 1.807) is 32.1 Å². The largest absolute Gasteiger partial charge is 0.481 e. The van der Waals surface area contributed by atoms with Gasteiger partial charge in [0.1, 0.15) is 11.9 Å². The summed E-state index contributed by atoms with van der Waals surface area (Å²) in [5.41, 5.74) is 0.277. The molecule has 3 N–H and O–H groups in total. The number of esters is 1. The number of carbonyl (C=O) groups excluding carboxylic acids is 3. The summed E-state index contributed by atoms with van der Waals surface area (Å²) in [6.07, 6.45) is 19.7. The number of unbranched alkanes of at least 4 members (excludes halogenated alkanes) is 13. The van der Waals surface area contributed by atoms with E-state index < -0.39 is 29.5 Å². The van der Waals surface area contributed by atoms with E-state index >= 15 is 0 Å². The number of aliphatic hydroxyl groups excluding tert-OH is 1. The summed E-state index contributed by atoms with van der Waals surface area (Å²) in [6, 6.07) is -0.301. The van der Waals surface area contributed by atoms with Crippen LogP contribution < -0.4 is 5.32 Å². The van der Waals surface area contributed by atoms with Crippen molar-refractivity contribution in [3.05, 3.63) is 21.7 Å². The van der Waals surface area contributed by atoms with Crippen LogP contribution >= 0.6 is 11.3 Å². The molecule has 6 atom stereocenters. The molecule has 1 aromatic heterocycles. The maximum atomic E-state index is 13.9. The maximum Gasteiger partial charge on any atom is 0.306 e. The first-order valence-electron chi connectivity index (χ1n) is 21.3. The third-order valence-electron chi connectivity index (χ3n) is 11.9. The monoisotopic (exact) mass is 789 g/mol. The van der Waals surface area contributed by atoms with Gasteiger partial charge >= 0.3 is 11.9 Å². The topological polar surface area (TPSA) is 155 Å². The minimum Gasteiger partial charge on any atom is -0.481 e. The molecule has 0 spiro atoms. The Balaban J connectivity index is 1.45. The standard InChI is InChI=1S/C44H72N2O8S/c1-31(27-34-30-55-33(3)45-34)35-28-38-44(6,54-38)26-22-21-23-36(32(2)42(52)43(4,5)37(47)29-39(48)46-35)53-41(51)25-20-18-16-14-12-10-8-7-9-11-13-15-17-19-24-40(49)50/h27,30,32,35-38,47H,7-26,28-29H2,1-6H3,(H,46,48)(H,49,50)/b31-27+/t32-,35+,36?,37+,38+,44-/m1/s1. The summed E-state index contributed by atoms with van der Waals surface area (Å²) in [5, 5.41) is 26.1. The minimum atomic E-state index is -1.22. The number of carbonyl (C=O) groups is 4. The first kappa shape index (κ1) is 46.8. The number of ketones is 1. The highest BCUT2D eigenvalue weighted by Crippen LogP contribution is 2.44. The Labute approximate surface area is 335 Å². The van der Waals surface area contributed by atoms with Gasteiger partial charge in [0.25, 0.3) is 0 Å². The van der Waals surface area contributed by atoms with E-state index in [4.69, 9.17) is 14.6 Å². The molecule has 2 aliphatic rings. The highest BCUT2D eigenvalue weighted by molar-refractivity contribution is 7.09. The van der Waals surface area contributed by atoms with E-state index in [0.717, 1.165) is 80.5 Å². The van der Waals surface area contributed by atoms with Crippen molar-refractivity contribution < 1.29 is 38.9 Å². The van der Waals surface area contributed by atoms with E-state index in [-0.39, 0.29) is 48.2 Å². The fourth-order valence-electron chi connectivity index (χ4n) is 7.89. The van der Waals surface area contributed by atoms with Gasteiger partial charge in [-0.3, -0.25) is 19.2 Å². The predicted octanol–water partition coefficient (Wildman–Crippen LogP) is 9.68. The number of Topliss-reactive ketones (excluding diaryl/α,β-unsaturated/α-hetero) is 1. The Bertz CT molecular complexity index is 1390. The van der Waals surface area contributed by atoms with Crippen LogP contribution in [0.5, 0.6) is 0 Å². The Morgan fingerprint density at radius 3 is 2.05 bits per heavy atom. The van der Waals surface area contributed by atoms with Crippen LogP contribution in [0.3, 0.4) is 0 Å². The highest BCUT2D eigenvalue weighted by atomic mass is 32.1. The smallest absolute Gasteiger partial charge is 0.306 e. The number of aromatic nitrogens is 1. The van der Waals surface area contributed by atoms with Crippen LogP contribution in [-0.2, 0) is 28.7 Å². The fraction of sp³-hybridized carbons (Fsp3) is 0.795. The predicted molar refractivity (Wildman–Crippen MR) is 219 cm³/mol. The average Bonchev–Trinajstić information content (AvgIpc) is 3.57. The molecule has 0 bridgehead atoms. The number of ether oxygens (including phenoxy) is 2. The van der Waals surface area contributed by atoms with Gasteiger partial charge < -0.3 is 25.0 Å². The van der Waals surface area contributed by atoms with Crippen LogP contribution in [0.4, 0.5) is 0 Å². The quantitative estimate of drug-likeness (QED) is 0.0665. The number of thiazole rings is 1. The van der Waals surface area contributed by atoms with E-state index in [1.807, 2.05) is 25.3 Å². The molecule has 1 aromatic rings. The molecule has 0 aromatic carbocycles. The molecule has 0 saturated carbocycles. The number of aliphatic carboxylic acids is 1. The summed E-state index contributed by atoms with van der Waals surface area (Å²) in [6.45, 7) is 11.2. The van der Waals surface area contributed by atoms with Gasteiger partial charge in [-0.1, -0.05) is 104 Å². The number of aliphatic hydroxyl groups is 1. The number of carboxylic acids is 1. The molecule has 312 valence electrons. The number of carboxylic acid groups (broad SMARTS) is 1. The molecule has 3 heterocycles. The number of hydrogen-bond donors (Lipinski definition) is 3. The van der Waals surface area contributed by atoms with Gasteiger partial charge in [-0.15, -0.1) is 11.3 Å². The molecule has 0 radical (unpaired) electrons. The van der Waals surface area contributed by atoms with Crippen molar-refractivity contribution in [1.29, 1.82) is 0 Å². The molecule has 2 saturated heterocycles. The molecule has 1 amide bonds. The third kappa shape index (κ3) is 16.8. The van der Waals surface area contributed by atoms with Gasteiger partial charge in [0.15, 0.2) is 0 Å². The fourth-order valence-corrected chi connectivity index (χ4v) is 8.46. The number of nitrogens with one attached hydrogen (secondary N) is 1. The Hall–Kier alpha value is -2.63. The van der Waals surface area contributed by atoms with Gasteiger partial charge in [0.05, 0.1) is 52.3 Å². The number of fused-ring (bicyclic) bond motifs is 1. The van der Waals surface area contributed by atoms with Crippen molar-refractivity contribution in [1.82, 2.24) is 10.3 Å². The Morgan fingerprint density at radius 1 is 0.945 bits per heavy atom. The van der Waals surface area contributed by atoms with Crippen LogP contribution in [0.2, 0.25) is 0 Å². The van der Waals surface area contributed by atoms with E-state index in [2.05, 4.69) is 17.2 Å². The molecule has 0 aliphatic carbocycles. The number of rotatable bonds is 20. The molecule has 3 rings (SSSR count). The molecule has 11 heteroatoms. The van der Waals surface area contributed by atoms with E-state index in [1.165, 1.54) is 44.9 Å². The third-order valence-corrected chi connectivity index (χ3v) is 12.7. The number of nitrogens with zero attached hydrogens (tertiary/aromatic N) is 1. The van der Waals surface area contributed by atoms with Crippen molar-refractivity contribution in [2.75, 3.05) is 0 Å². The second-order valence-electron chi connectivity index (χ2n) is 17.2. The summed E-state index contributed by atoms with van der Waals surface area (Å²) >= 11 is 1.57. The van der Waals surface area contributed by atoms with E-state index in [0.29, 0.717) is 19.3 Å². The van der Waals surface area contributed by atoms with Crippen molar-refractivity contribution >= 4 is 41.0 Å².